The first-order chi connectivity index (χ1) is 13.2. The third kappa shape index (κ3) is 3.53. The van der Waals surface area contributed by atoms with Crippen molar-refractivity contribution >= 4 is 28.5 Å². The Balaban J connectivity index is 1.46. The summed E-state index contributed by atoms with van der Waals surface area (Å²) in [6.45, 7) is 7.52. The number of hydrogen-bond acceptors (Lipinski definition) is 4. The standard InChI is InChI=1S/C21H23FN4O/c1-2-25-10-12-26(13-11-25)16-8-6-15(7-9-16)23-14-17-20-18(22)4-3-5-19(20)24-21(17)27/h3-9,14,23H,2,10-13H2,1H3,(H,24,27). The molecular weight excluding hydrogens is 343 g/mol. The van der Waals surface area contributed by atoms with Crippen molar-refractivity contribution in [3.05, 3.63) is 60.0 Å². The summed E-state index contributed by atoms with van der Waals surface area (Å²) in [5.41, 5.74) is 3.19. The van der Waals surface area contributed by atoms with Gasteiger partial charge in [0.2, 0.25) is 0 Å². The molecule has 4 rings (SSSR count). The molecule has 0 aromatic heterocycles. The molecule has 0 saturated carbocycles. The molecule has 6 heteroatoms. The van der Waals surface area contributed by atoms with Crippen LogP contribution in [0.15, 0.2) is 48.7 Å². The number of halogens is 1. The number of likely N-dealkylation sites (N-methyl/N-ethyl adjacent to an activating group) is 1. The van der Waals surface area contributed by atoms with Crippen LogP contribution in [0, 0.1) is 5.82 Å². The lowest BCUT2D eigenvalue weighted by molar-refractivity contribution is -0.110. The molecule has 2 aromatic rings. The summed E-state index contributed by atoms with van der Waals surface area (Å²) >= 11 is 0. The first-order valence-corrected chi connectivity index (χ1v) is 9.30. The third-order valence-electron chi connectivity index (χ3n) is 5.21. The van der Waals surface area contributed by atoms with Gasteiger partial charge >= 0.3 is 0 Å². The van der Waals surface area contributed by atoms with E-state index in [1.807, 2.05) is 12.1 Å². The molecule has 5 nitrogen and oxygen atoms in total. The molecule has 2 heterocycles. The summed E-state index contributed by atoms with van der Waals surface area (Å²) in [4.78, 5) is 16.9. The number of carbonyl (C=O) groups is 1. The molecule has 27 heavy (non-hydrogen) atoms. The Bertz CT molecular complexity index is 870. The van der Waals surface area contributed by atoms with Gasteiger partial charge in [0.1, 0.15) is 5.82 Å². The Kier molecular flexibility index (Phi) is 4.81. The highest BCUT2D eigenvalue weighted by Gasteiger charge is 2.27. The number of fused-ring (bicyclic) bond motifs is 1. The van der Waals surface area contributed by atoms with Crippen molar-refractivity contribution in [2.75, 3.05) is 48.3 Å². The second-order valence-corrected chi connectivity index (χ2v) is 6.79. The topological polar surface area (TPSA) is 47.6 Å². The van der Waals surface area contributed by atoms with E-state index in [1.54, 1.807) is 18.3 Å². The van der Waals surface area contributed by atoms with Crippen molar-refractivity contribution in [3.63, 3.8) is 0 Å². The number of rotatable bonds is 4. The Morgan fingerprint density at radius 2 is 1.85 bits per heavy atom. The lowest BCUT2D eigenvalue weighted by Gasteiger charge is -2.35. The highest BCUT2D eigenvalue weighted by atomic mass is 19.1. The van der Waals surface area contributed by atoms with E-state index in [9.17, 15) is 9.18 Å². The van der Waals surface area contributed by atoms with E-state index in [0.717, 1.165) is 38.4 Å². The van der Waals surface area contributed by atoms with Crippen LogP contribution < -0.4 is 15.5 Å². The molecule has 0 atom stereocenters. The predicted octanol–water partition coefficient (Wildman–Crippen LogP) is 3.37. The molecule has 140 valence electrons. The van der Waals surface area contributed by atoms with Gasteiger partial charge in [-0.3, -0.25) is 4.79 Å². The molecule has 0 spiro atoms. The van der Waals surface area contributed by atoms with Gasteiger partial charge < -0.3 is 20.4 Å². The Labute approximate surface area is 158 Å². The van der Waals surface area contributed by atoms with Gasteiger partial charge in [-0.05, 0) is 42.9 Å². The van der Waals surface area contributed by atoms with Gasteiger partial charge in [-0.1, -0.05) is 13.0 Å². The number of nitrogens with zero attached hydrogens (tertiary/aromatic N) is 2. The Morgan fingerprint density at radius 1 is 1.11 bits per heavy atom. The molecule has 2 aromatic carbocycles. The zero-order chi connectivity index (χ0) is 18.8. The van der Waals surface area contributed by atoms with Gasteiger partial charge in [0.15, 0.2) is 0 Å². The SMILES string of the molecule is CCN1CCN(c2ccc(NC=C3C(=O)Nc4cccc(F)c43)cc2)CC1. The number of carbonyl (C=O) groups excluding carboxylic acids is 1. The number of piperazine rings is 1. The second-order valence-electron chi connectivity index (χ2n) is 6.79. The molecule has 0 bridgehead atoms. The van der Waals surface area contributed by atoms with Crippen LogP contribution in [-0.4, -0.2) is 43.5 Å². The van der Waals surface area contributed by atoms with E-state index in [-0.39, 0.29) is 5.91 Å². The highest BCUT2D eigenvalue weighted by Crippen LogP contribution is 2.33. The first-order valence-electron chi connectivity index (χ1n) is 9.30. The van der Waals surface area contributed by atoms with Crippen LogP contribution in [0.5, 0.6) is 0 Å². The smallest absolute Gasteiger partial charge is 0.257 e. The van der Waals surface area contributed by atoms with Crippen molar-refractivity contribution < 1.29 is 9.18 Å². The number of benzene rings is 2. The third-order valence-corrected chi connectivity index (χ3v) is 5.21. The van der Waals surface area contributed by atoms with Gasteiger partial charge in [0.25, 0.3) is 5.91 Å². The van der Waals surface area contributed by atoms with Crippen molar-refractivity contribution in [2.45, 2.75) is 6.92 Å². The normalized spacial score (nSPS) is 18.5. The van der Waals surface area contributed by atoms with E-state index in [2.05, 4.69) is 39.5 Å². The minimum absolute atomic E-state index is 0.298. The first kappa shape index (κ1) is 17.5. The fourth-order valence-electron chi connectivity index (χ4n) is 3.59. The fraction of sp³-hybridized carbons (Fsp3) is 0.286. The number of nitrogens with one attached hydrogen (secondary N) is 2. The fourth-order valence-corrected chi connectivity index (χ4v) is 3.59. The zero-order valence-electron chi connectivity index (χ0n) is 15.3. The van der Waals surface area contributed by atoms with Crippen LogP contribution in [0.4, 0.5) is 21.5 Å². The maximum absolute atomic E-state index is 14.1. The van der Waals surface area contributed by atoms with Crippen LogP contribution in [0.1, 0.15) is 12.5 Å². The van der Waals surface area contributed by atoms with E-state index in [4.69, 9.17) is 0 Å². The van der Waals surface area contributed by atoms with Gasteiger partial charge in [-0.25, -0.2) is 4.39 Å². The van der Waals surface area contributed by atoms with Gasteiger partial charge in [0.05, 0.1) is 11.3 Å². The molecule has 2 aliphatic heterocycles. The van der Waals surface area contributed by atoms with Crippen molar-refractivity contribution in [1.82, 2.24) is 4.90 Å². The lowest BCUT2D eigenvalue weighted by atomic mass is 10.1. The van der Waals surface area contributed by atoms with Crippen LogP contribution >= 0.6 is 0 Å². The summed E-state index contributed by atoms with van der Waals surface area (Å²) in [5.74, 6) is -0.700. The molecule has 1 amide bonds. The molecule has 0 aliphatic carbocycles. The van der Waals surface area contributed by atoms with E-state index in [1.165, 1.54) is 11.8 Å². The molecule has 0 unspecified atom stereocenters. The van der Waals surface area contributed by atoms with Crippen LogP contribution in [0.2, 0.25) is 0 Å². The van der Waals surface area contributed by atoms with Gasteiger partial charge in [-0.2, -0.15) is 0 Å². The maximum atomic E-state index is 14.1. The van der Waals surface area contributed by atoms with Crippen molar-refractivity contribution in [2.24, 2.45) is 0 Å². The minimum atomic E-state index is -0.402. The quantitative estimate of drug-likeness (QED) is 0.815. The van der Waals surface area contributed by atoms with E-state index in [0.29, 0.717) is 16.8 Å². The van der Waals surface area contributed by atoms with Crippen LogP contribution in [0.3, 0.4) is 0 Å². The number of anilines is 3. The van der Waals surface area contributed by atoms with Crippen LogP contribution in [-0.2, 0) is 4.79 Å². The minimum Gasteiger partial charge on any atom is -0.369 e. The molecule has 0 radical (unpaired) electrons. The molecule has 1 saturated heterocycles. The average molecular weight is 366 g/mol. The maximum Gasteiger partial charge on any atom is 0.257 e. The summed E-state index contributed by atoms with van der Waals surface area (Å²) in [7, 11) is 0. The van der Waals surface area contributed by atoms with Gasteiger partial charge in [-0.15, -0.1) is 0 Å². The summed E-state index contributed by atoms with van der Waals surface area (Å²) in [6.07, 6.45) is 1.57. The molecule has 2 N–H and O–H groups in total. The summed E-state index contributed by atoms with van der Waals surface area (Å²) in [5, 5.41) is 5.80. The Morgan fingerprint density at radius 3 is 2.56 bits per heavy atom. The monoisotopic (exact) mass is 366 g/mol. The zero-order valence-corrected chi connectivity index (χ0v) is 15.3. The molecule has 1 fully saturated rings. The van der Waals surface area contributed by atoms with Crippen molar-refractivity contribution in [3.8, 4) is 0 Å². The largest absolute Gasteiger partial charge is 0.369 e. The van der Waals surface area contributed by atoms with E-state index < -0.39 is 5.82 Å². The lowest BCUT2D eigenvalue weighted by Crippen LogP contribution is -2.46. The number of amides is 1. The summed E-state index contributed by atoms with van der Waals surface area (Å²) < 4.78 is 14.1. The highest BCUT2D eigenvalue weighted by molar-refractivity contribution is 6.31. The second kappa shape index (κ2) is 7.40. The Hall–Kier alpha value is -2.86. The van der Waals surface area contributed by atoms with Crippen LogP contribution in [0.25, 0.3) is 5.57 Å². The predicted molar refractivity (Wildman–Crippen MR) is 107 cm³/mol. The van der Waals surface area contributed by atoms with Crippen molar-refractivity contribution in [1.29, 1.82) is 0 Å². The van der Waals surface area contributed by atoms with Gasteiger partial charge in [0, 0.05) is 49.3 Å². The molecular formula is C21H23FN4O. The average Bonchev–Trinajstić information content (AvgIpc) is 3.03. The summed E-state index contributed by atoms with van der Waals surface area (Å²) in [6, 6.07) is 12.8. The number of hydrogen-bond donors (Lipinski definition) is 2. The van der Waals surface area contributed by atoms with E-state index >= 15 is 0 Å². The molecule has 2 aliphatic rings.